The monoisotopic (exact) mass is 504 g/mol. The molecule has 1 fully saturated rings. The Hall–Kier alpha value is -2.59. The average Bonchev–Trinajstić information content (AvgIpc) is 2.79. The summed E-state index contributed by atoms with van der Waals surface area (Å²) >= 11 is 0. The Balaban J connectivity index is 0.00000456. The van der Waals surface area contributed by atoms with Gasteiger partial charge in [-0.15, -0.1) is 0 Å². The first-order chi connectivity index (χ1) is 16.5. The number of ether oxygens (including phenoxy) is 1. The number of carbonyl (C=O) groups excluding carboxylic acids is 3. The molecule has 2 aromatic carbocycles. The zero-order valence-electron chi connectivity index (χ0n) is 21.7. The Bertz CT molecular complexity index is 1060. The van der Waals surface area contributed by atoms with E-state index < -0.39 is 5.97 Å². The van der Waals surface area contributed by atoms with E-state index in [4.69, 9.17) is 4.74 Å². The number of hydrogen-bond donors (Lipinski definition) is 2. The van der Waals surface area contributed by atoms with Crippen molar-refractivity contribution in [3.8, 4) is 5.75 Å². The number of amides is 2. The van der Waals surface area contributed by atoms with Crippen molar-refractivity contribution in [1.82, 2.24) is 10.2 Å². The number of aromatic carboxylic acids is 1. The maximum absolute atomic E-state index is 12.5. The topological polar surface area (TPSA) is 114 Å². The Morgan fingerprint density at radius 2 is 1.61 bits per heavy atom. The first-order valence-electron chi connectivity index (χ1n) is 11.6. The number of nitrogens with one attached hydrogen (secondary N) is 2. The van der Waals surface area contributed by atoms with Gasteiger partial charge in [0.25, 0.3) is 0 Å². The molecule has 10 heteroatoms. The van der Waals surface area contributed by atoms with Gasteiger partial charge in [0.1, 0.15) is 5.75 Å². The molecule has 0 aliphatic carbocycles. The quantitative estimate of drug-likeness (QED) is 0.411. The van der Waals surface area contributed by atoms with E-state index in [-0.39, 0.29) is 64.6 Å². The minimum atomic E-state index is -1.36. The molecule has 36 heavy (non-hydrogen) atoms. The van der Waals surface area contributed by atoms with Crippen molar-refractivity contribution in [2.45, 2.75) is 32.7 Å². The van der Waals surface area contributed by atoms with Gasteiger partial charge in [-0.3, -0.25) is 14.5 Å². The molecule has 3 rings (SSSR count). The van der Waals surface area contributed by atoms with E-state index in [9.17, 15) is 19.5 Å². The summed E-state index contributed by atoms with van der Waals surface area (Å²) in [7, 11) is 1.57. The van der Waals surface area contributed by atoms with Crippen molar-refractivity contribution in [3.05, 3.63) is 53.6 Å². The number of carboxylic acids is 1. The second-order valence-corrected chi connectivity index (χ2v) is 9.65. The fraction of sp³-hybridized carbons (Fsp3) is 0.423. The fourth-order valence-corrected chi connectivity index (χ4v) is 3.96. The minimum Gasteiger partial charge on any atom is -0.545 e. The van der Waals surface area contributed by atoms with Crippen molar-refractivity contribution in [2.24, 2.45) is 0 Å². The molecule has 0 spiro atoms. The molecule has 2 amide bonds. The summed E-state index contributed by atoms with van der Waals surface area (Å²) < 4.78 is 5.12. The summed E-state index contributed by atoms with van der Waals surface area (Å²) in [5, 5.41) is 17.5. The van der Waals surface area contributed by atoms with E-state index in [1.807, 2.05) is 20.8 Å². The first-order valence-corrected chi connectivity index (χ1v) is 11.6. The molecule has 2 aromatic rings. The predicted molar refractivity (Wildman–Crippen MR) is 133 cm³/mol. The molecule has 0 aromatic heterocycles. The van der Waals surface area contributed by atoms with Gasteiger partial charge in [0, 0.05) is 48.7 Å². The molecular formula is C26H33N4NaO5. The van der Waals surface area contributed by atoms with Crippen LogP contribution >= 0.6 is 0 Å². The normalized spacial score (nSPS) is 13.9. The Kier molecular flexibility index (Phi) is 10.8. The second-order valence-electron chi connectivity index (χ2n) is 9.65. The number of carbonyl (C=O) groups is 3. The van der Waals surface area contributed by atoms with Gasteiger partial charge in [-0.25, -0.2) is 0 Å². The summed E-state index contributed by atoms with van der Waals surface area (Å²) in [6, 6.07) is 12.0. The summed E-state index contributed by atoms with van der Waals surface area (Å²) in [6.07, 6.45) is 0.100. The van der Waals surface area contributed by atoms with Crippen molar-refractivity contribution < 1.29 is 53.8 Å². The number of nitrogens with zero attached hydrogens (tertiary/aromatic N) is 2. The molecule has 188 valence electrons. The summed E-state index contributed by atoms with van der Waals surface area (Å²) in [6.45, 7) is 8.83. The van der Waals surface area contributed by atoms with E-state index in [0.717, 1.165) is 11.3 Å². The molecule has 1 heterocycles. The average molecular weight is 505 g/mol. The molecule has 1 aliphatic heterocycles. The van der Waals surface area contributed by atoms with Gasteiger partial charge in [0.2, 0.25) is 11.8 Å². The number of methoxy groups -OCH3 is 1. The summed E-state index contributed by atoms with van der Waals surface area (Å²) in [5.41, 5.74) is 1.37. The van der Waals surface area contributed by atoms with Crippen LogP contribution in [-0.2, 0) is 16.0 Å². The smallest absolute Gasteiger partial charge is 0.545 e. The SMILES string of the molecule is COc1ccc(CC(=O)Nc2ccc(N3CCN(CC(=O)NC(C)(C)C)CC3)cc2C(=O)[O-])cc1.[Na+]. The van der Waals surface area contributed by atoms with E-state index in [1.165, 1.54) is 6.07 Å². The van der Waals surface area contributed by atoms with Gasteiger partial charge in [0.15, 0.2) is 0 Å². The third-order valence-corrected chi connectivity index (χ3v) is 5.64. The Morgan fingerprint density at radius 3 is 2.17 bits per heavy atom. The van der Waals surface area contributed by atoms with E-state index in [1.54, 1.807) is 43.5 Å². The standard InChI is InChI=1S/C26H34N4O5.Na/c1-26(2,3)28-24(32)17-29-11-13-30(14-12-29)19-7-10-22(21(16-19)25(33)34)27-23(31)15-18-5-8-20(35-4)9-6-18;/h5-10,16H,11-15,17H2,1-4H3,(H,27,31)(H,28,32)(H,33,34);/q;+1/p-1. The van der Waals surface area contributed by atoms with Crippen LogP contribution in [0.5, 0.6) is 5.75 Å². The van der Waals surface area contributed by atoms with Crippen LogP contribution in [0.3, 0.4) is 0 Å². The zero-order valence-corrected chi connectivity index (χ0v) is 23.7. The van der Waals surface area contributed by atoms with Gasteiger partial charge >= 0.3 is 29.6 Å². The second kappa shape index (κ2) is 13.1. The number of hydrogen-bond acceptors (Lipinski definition) is 7. The molecule has 0 bridgehead atoms. The number of carboxylic acid groups (broad SMARTS) is 1. The molecule has 9 nitrogen and oxygen atoms in total. The maximum atomic E-state index is 12.5. The third kappa shape index (κ3) is 8.81. The van der Waals surface area contributed by atoms with Crippen LogP contribution in [0, 0.1) is 0 Å². The molecule has 0 radical (unpaired) electrons. The number of anilines is 2. The van der Waals surface area contributed by atoms with Gasteiger partial charge in [-0.2, -0.15) is 0 Å². The summed E-state index contributed by atoms with van der Waals surface area (Å²) in [5.74, 6) is -1.01. The van der Waals surface area contributed by atoms with Crippen LogP contribution in [0.25, 0.3) is 0 Å². The predicted octanol–water partition coefficient (Wildman–Crippen LogP) is -1.72. The fourth-order valence-electron chi connectivity index (χ4n) is 3.96. The van der Waals surface area contributed by atoms with Crippen LogP contribution in [0.15, 0.2) is 42.5 Å². The van der Waals surface area contributed by atoms with E-state index in [2.05, 4.69) is 20.4 Å². The van der Waals surface area contributed by atoms with Gasteiger partial charge in [0.05, 0.1) is 26.0 Å². The number of piperazine rings is 1. The Labute approximate surface area is 234 Å². The maximum Gasteiger partial charge on any atom is 1.00 e. The number of benzene rings is 2. The largest absolute Gasteiger partial charge is 1.00 e. The van der Waals surface area contributed by atoms with Crippen LogP contribution in [0.2, 0.25) is 0 Å². The Morgan fingerprint density at radius 1 is 0.972 bits per heavy atom. The van der Waals surface area contributed by atoms with E-state index in [0.29, 0.717) is 38.5 Å². The first kappa shape index (κ1) is 29.6. The molecule has 1 saturated heterocycles. The van der Waals surface area contributed by atoms with Gasteiger partial charge in [-0.05, 0) is 56.7 Å². The molecule has 1 aliphatic rings. The summed E-state index contributed by atoms with van der Waals surface area (Å²) in [4.78, 5) is 40.6. The van der Waals surface area contributed by atoms with Gasteiger partial charge < -0.3 is 30.2 Å². The number of rotatable bonds is 8. The van der Waals surface area contributed by atoms with Crippen LogP contribution < -0.4 is 54.9 Å². The van der Waals surface area contributed by atoms with Crippen molar-refractivity contribution >= 4 is 29.2 Å². The molecular weight excluding hydrogens is 471 g/mol. The zero-order chi connectivity index (χ0) is 25.6. The molecule has 0 atom stereocenters. The van der Waals surface area contributed by atoms with Crippen LogP contribution in [0.4, 0.5) is 11.4 Å². The van der Waals surface area contributed by atoms with Crippen molar-refractivity contribution in [3.63, 3.8) is 0 Å². The van der Waals surface area contributed by atoms with Gasteiger partial charge in [-0.1, -0.05) is 12.1 Å². The minimum absolute atomic E-state index is 0. The van der Waals surface area contributed by atoms with Crippen LogP contribution in [0.1, 0.15) is 36.7 Å². The molecule has 2 N–H and O–H groups in total. The van der Waals surface area contributed by atoms with E-state index >= 15 is 0 Å². The third-order valence-electron chi connectivity index (χ3n) is 5.64. The van der Waals surface area contributed by atoms with Crippen molar-refractivity contribution in [2.75, 3.05) is 50.1 Å². The molecule has 0 unspecified atom stereocenters. The molecule has 0 saturated carbocycles. The van der Waals surface area contributed by atoms with Crippen LogP contribution in [-0.4, -0.2) is 68.1 Å². The van der Waals surface area contributed by atoms with Crippen molar-refractivity contribution in [1.29, 1.82) is 0 Å².